The van der Waals surface area contributed by atoms with Crippen molar-refractivity contribution in [1.29, 1.82) is 0 Å². The maximum absolute atomic E-state index is 13.2. The van der Waals surface area contributed by atoms with Crippen LogP contribution in [0.2, 0.25) is 5.02 Å². The fraction of sp³-hybridized carbons (Fsp3) is 0.158. The lowest BCUT2D eigenvalue weighted by atomic mass is 10.2. The average molecular weight is 420 g/mol. The van der Waals surface area contributed by atoms with Crippen LogP contribution in [0.25, 0.3) is 5.69 Å². The van der Waals surface area contributed by atoms with Crippen molar-refractivity contribution in [2.75, 3.05) is 11.9 Å². The number of benzene rings is 2. The SMILES string of the molecule is O=C(COc1ccc(Cl)cc1)Nc1c2c(nn1-c1ccc(F)cc1)C[S@](=O)C2. The summed E-state index contributed by atoms with van der Waals surface area (Å²) in [6.45, 7) is -0.214. The van der Waals surface area contributed by atoms with E-state index in [4.69, 9.17) is 16.3 Å². The van der Waals surface area contributed by atoms with Gasteiger partial charge in [0.2, 0.25) is 0 Å². The van der Waals surface area contributed by atoms with Gasteiger partial charge in [-0.05, 0) is 48.5 Å². The summed E-state index contributed by atoms with van der Waals surface area (Å²) in [5.74, 6) is 0.818. The molecule has 0 bridgehead atoms. The molecule has 1 aliphatic heterocycles. The van der Waals surface area contributed by atoms with Crippen LogP contribution in [-0.4, -0.2) is 26.5 Å². The van der Waals surface area contributed by atoms with E-state index in [-0.39, 0.29) is 12.4 Å². The minimum Gasteiger partial charge on any atom is -0.484 e. The third-order valence-corrected chi connectivity index (χ3v) is 5.64. The van der Waals surface area contributed by atoms with Crippen molar-refractivity contribution in [3.63, 3.8) is 0 Å². The van der Waals surface area contributed by atoms with E-state index in [1.54, 1.807) is 36.4 Å². The van der Waals surface area contributed by atoms with Gasteiger partial charge in [-0.15, -0.1) is 0 Å². The Morgan fingerprint density at radius 2 is 1.89 bits per heavy atom. The topological polar surface area (TPSA) is 73.2 Å². The van der Waals surface area contributed by atoms with Gasteiger partial charge in [0, 0.05) is 21.4 Å². The number of rotatable bonds is 5. The molecule has 1 atom stereocenters. The number of fused-ring (bicyclic) bond motifs is 1. The van der Waals surface area contributed by atoms with Crippen LogP contribution in [0.15, 0.2) is 48.5 Å². The highest BCUT2D eigenvalue weighted by molar-refractivity contribution is 7.83. The first-order valence-corrected chi connectivity index (χ1v) is 10.3. The normalized spacial score (nSPS) is 15.3. The lowest BCUT2D eigenvalue weighted by molar-refractivity contribution is -0.118. The van der Waals surface area contributed by atoms with Crippen LogP contribution in [0, 0.1) is 5.82 Å². The molecular weight excluding hydrogens is 405 g/mol. The van der Waals surface area contributed by atoms with Crippen LogP contribution in [-0.2, 0) is 27.1 Å². The summed E-state index contributed by atoms with van der Waals surface area (Å²) < 4.78 is 32.1. The molecule has 1 N–H and O–H groups in total. The number of nitrogens with zero attached hydrogens (tertiary/aromatic N) is 2. The van der Waals surface area contributed by atoms with Gasteiger partial charge in [0.1, 0.15) is 17.4 Å². The summed E-state index contributed by atoms with van der Waals surface area (Å²) in [5.41, 5.74) is 1.98. The molecule has 6 nitrogen and oxygen atoms in total. The van der Waals surface area contributed by atoms with Crippen LogP contribution in [0.5, 0.6) is 5.75 Å². The maximum Gasteiger partial charge on any atom is 0.263 e. The van der Waals surface area contributed by atoms with E-state index in [0.29, 0.717) is 39.5 Å². The number of ether oxygens (including phenoxy) is 1. The van der Waals surface area contributed by atoms with Crippen LogP contribution >= 0.6 is 11.6 Å². The molecule has 28 heavy (non-hydrogen) atoms. The quantitative estimate of drug-likeness (QED) is 0.687. The number of aromatic nitrogens is 2. The van der Waals surface area contributed by atoms with Crippen LogP contribution in [0.4, 0.5) is 10.2 Å². The van der Waals surface area contributed by atoms with Gasteiger partial charge in [0.05, 0.1) is 22.9 Å². The Kier molecular flexibility index (Phi) is 5.15. The van der Waals surface area contributed by atoms with Crippen LogP contribution in [0.1, 0.15) is 11.3 Å². The Morgan fingerprint density at radius 3 is 2.61 bits per heavy atom. The number of carbonyl (C=O) groups is 1. The molecule has 2 heterocycles. The summed E-state index contributed by atoms with van der Waals surface area (Å²) in [6.07, 6.45) is 0. The summed E-state index contributed by atoms with van der Waals surface area (Å²) in [6, 6.07) is 12.4. The number of carbonyl (C=O) groups excluding carboxylic acids is 1. The van der Waals surface area contributed by atoms with Crippen molar-refractivity contribution in [2.45, 2.75) is 11.5 Å². The van der Waals surface area contributed by atoms with Crippen molar-refractivity contribution in [3.8, 4) is 11.4 Å². The summed E-state index contributed by atoms with van der Waals surface area (Å²) in [4.78, 5) is 12.4. The molecule has 0 saturated heterocycles. The Hall–Kier alpha value is -2.71. The fourth-order valence-electron chi connectivity index (χ4n) is 2.87. The van der Waals surface area contributed by atoms with Crippen molar-refractivity contribution in [1.82, 2.24) is 9.78 Å². The number of hydrogen-bond acceptors (Lipinski definition) is 4. The standard InChI is InChI=1S/C19H15ClFN3O3S/c20-12-1-7-15(8-2-12)27-9-18(25)22-19-16-10-28(26)11-17(16)23-24(19)14-5-3-13(21)4-6-14/h1-8H,9-11H2,(H,22,25)/t28-/m1/s1. The highest BCUT2D eigenvalue weighted by Gasteiger charge is 2.28. The Balaban J connectivity index is 1.55. The van der Waals surface area contributed by atoms with Gasteiger partial charge in [-0.1, -0.05) is 11.6 Å². The number of anilines is 1. The third kappa shape index (κ3) is 3.93. The van der Waals surface area contributed by atoms with Crippen LogP contribution < -0.4 is 10.1 Å². The molecule has 0 radical (unpaired) electrons. The second-order valence-electron chi connectivity index (χ2n) is 6.18. The summed E-state index contributed by atoms with van der Waals surface area (Å²) in [5, 5.41) is 7.81. The molecule has 1 amide bonds. The van der Waals surface area contributed by atoms with Gasteiger partial charge >= 0.3 is 0 Å². The van der Waals surface area contributed by atoms with Gasteiger partial charge in [-0.3, -0.25) is 9.00 Å². The molecule has 3 aromatic rings. The predicted octanol–water partition coefficient (Wildman–Crippen LogP) is 3.44. The molecule has 2 aromatic carbocycles. The van der Waals surface area contributed by atoms with E-state index >= 15 is 0 Å². The van der Waals surface area contributed by atoms with E-state index in [0.717, 1.165) is 5.56 Å². The first kappa shape index (κ1) is 18.6. The van der Waals surface area contributed by atoms with Crippen molar-refractivity contribution < 1.29 is 18.1 Å². The molecule has 0 unspecified atom stereocenters. The molecule has 0 aliphatic carbocycles. The van der Waals surface area contributed by atoms with E-state index in [1.165, 1.54) is 16.8 Å². The first-order chi connectivity index (χ1) is 13.5. The molecule has 144 valence electrons. The minimum absolute atomic E-state index is 0.214. The monoisotopic (exact) mass is 419 g/mol. The maximum atomic E-state index is 13.2. The molecule has 4 rings (SSSR count). The fourth-order valence-corrected chi connectivity index (χ4v) is 4.26. The summed E-state index contributed by atoms with van der Waals surface area (Å²) >= 11 is 5.83. The second kappa shape index (κ2) is 7.73. The Morgan fingerprint density at radius 1 is 1.18 bits per heavy atom. The lowest BCUT2D eigenvalue weighted by Crippen LogP contribution is -2.22. The number of halogens is 2. The van der Waals surface area contributed by atoms with Crippen molar-refractivity contribution in [3.05, 3.63) is 70.6 Å². The highest BCUT2D eigenvalue weighted by Crippen LogP contribution is 2.31. The molecular formula is C19H15ClFN3O3S. The molecule has 1 aromatic heterocycles. The van der Waals surface area contributed by atoms with Crippen molar-refractivity contribution in [2.24, 2.45) is 0 Å². The highest BCUT2D eigenvalue weighted by atomic mass is 35.5. The van der Waals surface area contributed by atoms with E-state index in [1.807, 2.05) is 0 Å². The molecule has 0 saturated carbocycles. The number of amides is 1. The summed E-state index contributed by atoms with van der Waals surface area (Å²) in [7, 11) is -1.05. The Labute approximate surface area is 167 Å². The van der Waals surface area contributed by atoms with E-state index in [2.05, 4.69) is 10.4 Å². The molecule has 9 heteroatoms. The van der Waals surface area contributed by atoms with Gasteiger partial charge in [0.15, 0.2) is 6.61 Å². The lowest BCUT2D eigenvalue weighted by Gasteiger charge is -2.12. The zero-order chi connectivity index (χ0) is 19.7. The van der Waals surface area contributed by atoms with E-state index in [9.17, 15) is 13.4 Å². The largest absolute Gasteiger partial charge is 0.484 e. The molecule has 0 spiro atoms. The molecule has 1 aliphatic rings. The number of nitrogens with one attached hydrogen (secondary N) is 1. The first-order valence-electron chi connectivity index (χ1n) is 8.39. The average Bonchev–Trinajstić information content (AvgIpc) is 3.19. The number of hydrogen-bond donors (Lipinski definition) is 1. The van der Waals surface area contributed by atoms with Gasteiger partial charge in [0.25, 0.3) is 5.91 Å². The Bertz CT molecular complexity index is 1050. The van der Waals surface area contributed by atoms with Crippen LogP contribution in [0.3, 0.4) is 0 Å². The second-order valence-corrected chi connectivity index (χ2v) is 8.07. The zero-order valence-electron chi connectivity index (χ0n) is 14.5. The van der Waals surface area contributed by atoms with Gasteiger partial charge in [-0.2, -0.15) is 5.10 Å². The van der Waals surface area contributed by atoms with Crippen molar-refractivity contribution >= 4 is 34.1 Å². The predicted molar refractivity (Wildman–Crippen MR) is 105 cm³/mol. The van der Waals surface area contributed by atoms with Gasteiger partial charge < -0.3 is 10.1 Å². The van der Waals surface area contributed by atoms with E-state index < -0.39 is 16.7 Å². The van der Waals surface area contributed by atoms with Gasteiger partial charge in [-0.25, -0.2) is 9.07 Å². The molecule has 0 fully saturated rings. The zero-order valence-corrected chi connectivity index (χ0v) is 16.1. The smallest absolute Gasteiger partial charge is 0.263 e. The third-order valence-electron chi connectivity index (χ3n) is 4.18. The minimum atomic E-state index is -1.05.